The Bertz CT molecular complexity index is 500. The van der Waals surface area contributed by atoms with Crippen LogP contribution in [0, 0.1) is 0 Å². The molecule has 0 amide bonds. The predicted molar refractivity (Wildman–Crippen MR) is 55.7 cm³/mol. The van der Waals surface area contributed by atoms with Crippen molar-refractivity contribution in [3.8, 4) is 17.3 Å². The lowest BCUT2D eigenvalue weighted by atomic mass is 10.1. The van der Waals surface area contributed by atoms with Gasteiger partial charge in [-0.25, -0.2) is 0 Å². The van der Waals surface area contributed by atoms with Gasteiger partial charge in [0.2, 0.25) is 0 Å². The highest BCUT2D eigenvalue weighted by molar-refractivity contribution is 5.59. The summed E-state index contributed by atoms with van der Waals surface area (Å²) >= 11 is 0. The Labute approximate surface area is 95.6 Å². The molecule has 0 saturated heterocycles. The van der Waals surface area contributed by atoms with Gasteiger partial charge in [0.1, 0.15) is 11.3 Å². The maximum Gasteiger partial charge on any atom is 0.423 e. The lowest BCUT2D eigenvalue weighted by molar-refractivity contribution is -0.139. The molecule has 90 valence electrons. The minimum absolute atomic E-state index is 0.134. The Morgan fingerprint density at radius 1 is 1.12 bits per heavy atom. The second-order valence-electron chi connectivity index (χ2n) is 3.38. The molecule has 0 aliphatic carbocycles. The van der Waals surface area contributed by atoms with E-state index in [2.05, 4.69) is 4.74 Å². The fraction of sp³-hybridized carbons (Fsp3) is 0.167. The molecule has 2 rings (SSSR count). The van der Waals surface area contributed by atoms with Crippen LogP contribution in [-0.4, -0.2) is 7.11 Å². The van der Waals surface area contributed by atoms with Gasteiger partial charge in [-0.1, -0.05) is 30.3 Å². The number of benzene rings is 1. The summed E-state index contributed by atoms with van der Waals surface area (Å²) in [5.74, 6) is -0.383. The van der Waals surface area contributed by atoms with Crippen LogP contribution in [0.4, 0.5) is 13.2 Å². The summed E-state index contributed by atoms with van der Waals surface area (Å²) in [5.41, 5.74) is -0.333. The molecule has 0 aliphatic rings. The number of furan rings is 1. The van der Waals surface area contributed by atoms with Gasteiger partial charge in [-0.3, -0.25) is 0 Å². The fourth-order valence-electron chi connectivity index (χ4n) is 1.47. The van der Waals surface area contributed by atoms with Crippen LogP contribution in [-0.2, 0) is 6.18 Å². The van der Waals surface area contributed by atoms with Crippen molar-refractivity contribution in [1.82, 2.24) is 0 Å². The largest absolute Gasteiger partial charge is 0.468 e. The van der Waals surface area contributed by atoms with Gasteiger partial charge < -0.3 is 9.15 Å². The Kier molecular flexibility index (Phi) is 2.83. The molecule has 0 bridgehead atoms. The summed E-state index contributed by atoms with van der Waals surface area (Å²) in [6.45, 7) is 0. The van der Waals surface area contributed by atoms with Gasteiger partial charge in [-0.2, -0.15) is 13.2 Å². The Morgan fingerprint density at radius 3 is 2.24 bits per heavy atom. The number of hydrogen-bond acceptors (Lipinski definition) is 2. The summed E-state index contributed by atoms with van der Waals surface area (Å²) in [6, 6.07) is 9.48. The van der Waals surface area contributed by atoms with Crippen LogP contribution in [0.1, 0.15) is 5.56 Å². The molecule has 2 nitrogen and oxygen atoms in total. The van der Waals surface area contributed by atoms with Gasteiger partial charge in [0.15, 0.2) is 0 Å². The molecule has 0 atom stereocenters. The van der Waals surface area contributed by atoms with E-state index in [4.69, 9.17) is 4.42 Å². The highest BCUT2D eigenvalue weighted by atomic mass is 19.4. The third-order valence-corrected chi connectivity index (χ3v) is 2.25. The lowest BCUT2D eigenvalue weighted by Crippen LogP contribution is -2.04. The molecule has 1 heterocycles. The molecule has 0 spiro atoms. The van der Waals surface area contributed by atoms with Crippen LogP contribution < -0.4 is 4.74 Å². The van der Waals surface area contributed by atoms with Crippen LogP contribution in [0.15, 0.2) is 40.8 Å². The minimum atomic E-state index is -4.48. The van der Waals surface area contributed by atoms with E-state index < -0.39 is 17.7 Å². The number of methoxy groups -OCH3 is 1. The fourth-order valence-corrected chi connectivity index (χ4v) is 1.47. The predicted octanol–water partition coefficient (Wildman–Crippen LogP) is 3.97. The molecule has 0 aliphatic heterocycles. The third-order valence-electron chi connectivity index (χ3n) is 2.25. The van der Waals surface area contributed by atoms with Gasteiger partial charge in [0.05, 0.1) is 7.11 Å². The van der Waals surface area contributed by atoms with Crippen molar-refractivity contribution >= 4 is 0 Å². The SMILES string of the molecule is COc1oc(-c2ccccc2)cc1C(F)(F)F. The Hall–Kier alpha value is -1.91. The van der Waals surface area contributed by atoms with Gasteiger partial charge in [-0.15, -0.1) is 0 Å². The van der Waals surface area contributed by atoms with E-state index >= 15 is 0 Å². The molecule has 0 radical (unpaired) electrons. The van der Waals surface area contributed by atoms with Gasteiger partial charge in [0.25, 0.3) is 5.95 Å². The molecule has 1 aromatic heterocycles. The molecule has 0 N–H and O–H groups in total. The maximum absolute atomic E-state index is 12.6. The zero-order valence-corrected chi connectivity index (χ0v) is 8.91. The van der Waals surface area contributed by atoms with E-state index in [-0.39, 0.29) is 5.76 Å². The molecule has 0 saturated carbocycles. The highest BCUT2D eigenvalue weighted by Gasteiger charge is 2.37. The van der Waals surface area contributed by atoms with E-state index in [1.165, 1.54) is 0 Å². The maximum atomic E-state index is 12.6. The molecule has 2 aromatic rings. The van der Waals surface area contributed by atoms with Crippen LogP contribution >= 0.6 is 0 Å². The van der Waals surface area contributed by atoms with E-state index in [0.29, 0.717) is 5.56 Å². The number of hydrogen-bond donors (Lipinski definition) is 0. The molecular weight excluding hydrogens is 233 g/mol. The molecule has 1 aromatic carbocycles. The molecule has 5 heteroatoms. The summed E-state index contributed by atoms with van der Waals surface area (Å²) in [6.07, 6.45) is -4.48. The summed E-state index contributed by atoms with van der Waals surface area (Å²) in [4.78, 5) is 0. The smallest absolute Gasteiger partial charge is 0.423 e. The Morgan fingerprint density at radius 2 is 1.76 bits per heavy atom. The average molecular weight is 242 g/mol. The Balaban J connectivity index is 2.49. The second kappa shape index (κ2) is 4.16. The first-order valence-electron chi connectivity index (χ1n) is 4.83. The second-order valence-corrected chi connectivity index (χ2v) is 3.38. The van der Waals surface area contributed by atoms with Crippen molar-refractivity contribution in [3.05, 3.63) is 42.0 Å². The quantitative estimate of drug-likeness (QED) is 0.794. The van der Waals surface area contributed by atoms with Crippen molar-refractivity contribution in [2.24, 2.45) is 0 Å². The molecule has 0 fully saturated rings. The average Bonchev–Trinajstić information content (AvgIpc) is 2.74. The summed E-state index contributed by atoms with van der Waals surface area (Å²) in [7, 11) is 1.14. The van der Waals surface area contributed by atoms with Crippen molar-refractivity contribution in [2.45, 2.75) is 6.18 Å². The monoisotopic (exact) mass is 242 g/mol. The molecule has 17 heavy (non-hydrogen) atoms. The number of alkyl halides is 3. The normalized spacial score (nSPS) is 11.5. The third kappa shape index (κ3) is 2.27. The highest BCUT2D eigenvalue weighted by Crippen LogP contribution is 2.41. The molecular formula is C12H9F3O2. The van der Waals surface area contributed by atoms with Crippen molar-refractivity contribution in [3.63, 3.8) is 0 Å². The number of ether oxygens (including phenoxy) is 1. The van der Waals surface area contributed by atoms with Crippen molar-refractivity contribution in [1.29, 1.82) is 0 Å². The minimum Gasteiger partial charge on any atom is -0.468 e. The summed E-state index contributed by atoms with van der Waals surface area (Å²) in [5, 5.41) is 0. The summed E-state index contributed by atoms with van der Waals surface area (Å²) < 4.78 is 47.5. The van der Waals surface area contributed by atoms with Crippen molar-refractivity contribution in [2.75, 3.05) is 7.11 Å². The zero-order valence-electron chi connectivity index (χ0n) is 8.91. The van der Waals surface area contributed by atoms with E-state index in [1.807, 2.05) is 0 Å². The first-order valence-corrected chi connectivity index (χ1v) is 4.83. The number of rotatable bonds is 2. The first kappa shape index (κ1) is 11.6. The topological polar surface area (TPSA) is 22.4 Å². The zero-order chi connectivity index (χ0) is 12.5. The van der Waals surface area contributed by atoms with E-state index in [9.17, 15) is 13.2 Å². The van der Waals surface area contributed by atoms with Gasteiger partial charge in [-0.05, 0) is 0 Å². The first-order chi connectivity index (χ1) is 8.02. The van der Waals surface area contributed by atoms with Gasteiger partial charge >= 0.3 is 6.18 Å². The van der Waals surface area contributed by atoms with Gasteiger partial charge in [0, 0.05) is 11.6 Å². The van der Waals surface area contributed by atoms with Crippen LogP contribution in [0.5, 0.6) is 5.95 Å². The van der Waals surface area contributed by atoms with E-state index in [0.717, 1.165) is 13.2 Å². The van der Waals surface area contributed by atoms with Crippen molar-refractivity contribution < 1.29 is 22.3 Å². The standard InChI is InChI=1S/C12H9F3O2/c1-16-11-9(12(13,14)15)7-10(17-11)8-5-3-2-4-6-8/h2-7H,1H3. The molecule has 0 unspecified atom stereocenters. The van der Waals surface area contributed by atoms with Crippen LogP contribution in [0.25, 0.3) is 11.3 Å². The van der Waals surface area contributed by atoms with Crippen LogP contribution in [0.2, 0.25) is 0 Å². The van der Waals surface area contributed by atoms with Crippen LogP contribution in [0.3, 0.4) is 0 Å². The number of halogens is 3. The lowest BCUT2D eigenvalue weighted by Gasteiger charge is -2.03. The van der Waals surface area contributed by atoms with E-state index in [1.54, 1.807) is 30.3 Å².